The van der Waals surface area contributed by atoms with Gasteiger partial charge in [0.05, 0.1) is 5.56 Å². The van der Waals surface area contributed by atoms with Crippen LogP contribution in [0.1, 0.15) is 65.9 Å². The van der Waals surface area contributed by atoms with E-state index in [1.54, 1.807) is 0 Å². The van der Waals surface area contributed by atoms with Crippen LogP contribution in [-0.4, -0.2) is 18.0 Å². The van der Waals surface area contributed by atoms with Crippen LogP contribution in [0.4, 0.5) is 13.2 Å². The number of halogens is 3. The number of hydrogen-bond acceptors (Lipinski definition) is 2. The first-order chi connectivity index (χ1) is 10.9. The Labute approximate surface area is 133 Å². The highest BCUT2D eigenvalue weighted by Crippen LogP contribution is 2.43. The predicted octanol–water partition coefficient (Wildman–Crippen LogP) is 3.58. The molecule has 2 saturated carbocycles. The summed E-state index contributed by atoms with van der Waals surface area (Å²) in [6.45, 7) is 0. The third-order valence-corrected chi connectivity index (χ3v) is 4.78. The number of alkyl halides is 3. The average Bonchev–Trinajstić information content (AvgIpc) is 3.32. The Morgan fingerprint density at radius 2 is 1.83 bits per heavy atom. The monoisotopic (exact) mass is 326 g/mol. The lowest BCUT2D eigenvalue weighted by Crippen LogP contribution is -2.49. The molecule has 0 bridgehead atoms. The Hall–Kier alpha value is -1.56. The van der Waals surface area contributed by atoms with Crippen molar-refractivity contribution in [1.82, 2.24) is 5.32 Å². The Kier molecular flexibility index (Phi) is 4.36. The molecule has 3 rings (SSSR count). The minimum absolute atomic E-state index is 0.0677. The van der Waals surface area contributed by atoms with Crippen molar-refractivity contribution in [3.63, 3.8) is 0 Å². The van der Waals surface area contributed by atoms with Crippen LogP contribution in [0.5, 0.6) is 0 Å². The van der Waals surface area contributed by atoms with Gasteiger partial charge >= 0.3 is 6.18 Å². The second-order valence-electron chi connectivity index (χ2n) is 6.60. The van der Waals surface area contributed by atoms with Gasteiger partial charge in [0.15, 0.2) is 0 Å². The molecule has 0 heterocycles. The van der Waals surface area contributed by atoms with Crippen LogP contribution in [0.2, 0.25) is 0 Å². The van der Waals surface area contributed by atoms with Gasteiger partial charge in [-0.15, -0.1) is 0 Å². The number of rotatable bonds is 3. The van der Waals surface area contributed by atoms with E-state index in [2.05, 4.69) is 5.32 Å². The SMILES string of the molecule is N[C@H]1CCCC[C@H]1NC(=O)c1ccc(C(F)(F)F)cc1C1CC1. The molecule has 0 unspecified atom stereocenters. The van der Waals surface area contributed by atoms with Gasteiger partial charge in [-0.05, 0) is 55.4 Å². The first-order valence-corrected chi connectivity index (χ1v) is 8.14. The Morgan fingerprint density at radius 1 is 1.13 bits per heavy atom. The highest BCUT2D eigenvalue weighted by Gasteiger charge is 2.35. The maximum absolute atomic E-state index is 12.9. The molecule has 2 aliphatic rings. The van der Waals surface area contributed by atoms with Crippen molar-refractivity contribution in [2.45, 2.75) is 62.7 Å². The molecular formula is C17H21F3N2O. The van der Waals surface area contributed by atoms with E-state index in [0.29, 0.717) is 11.1 Å². The van der Waals surface area contributed by atoms with Gasteiger partial charge in [0, 0.05) is 17.6 Å². The van der Waals surface area contributed by atoms with Gasteiger partial charge in [-0.1, -0.05) is 12.8 Å². The van der Waals surface area contributed by atoms with Crippen LogP contribution >= 0.6 is 0 Å². The third-order valence-electron chi connectivity index (χ3n) is 4.78. The molecule has 1 amide bonds. The van der Waals surface area contributed by atoms with Gasteiger partial charge in [-0.2, -0.15) is 13.2 Å². The topological polar surface area (TPSA) is 55.1 Å². The van der Waals surface area contributed by atoms with Crippen molar-refractivity contribution in [3.8, 4) is 0 Å². The third kappa shape index (κ3) is 3.68. The smallest absolute Gasteiger partial charge is 0.348 e. The normalized spacial score (nSPS) is 25.2. The van der Waals surface area contributed by atoms with Crippen LogP contribution in [0, 0.1) is 0 Å². The number of carbonyl (C=O) groups excluding carboxylic acids is 1. The van der Waals surface area contributed by atoms with E-state index in [1.807, 2.05) is 0 Å². The summed E-state index contributed by atoms with van der Waals surface area (Å²) in [6.07, 6.45) is 1.06. The maximum atomic E-state index is 12.9. The van der Waals surface area contributed by atoms with E-state index in [9.17, 15) is 18.0 Å². The first-order valence-electron chi connectivity index (χ1n) is 8.14. The number of amides is 1. The second-order valence-corrected chi connectivity index (χ2v) is 6.60. The molecule has 0 spiro atoms. The fourth-order valence-electron chi connectivity index (χ4n) is 3.26. The van der Waals surface area contributed by atoms with Crippen LogP contribution in [-0.2, 0) is 6.18 Å². The van der Waals surface area contributed by atoms with Crippen LogP contribution < -0.4 is 11.1 Å². The fourth-order valence-corrected chi connectivity index (χ4v) is 3.26. The first kappa shape index (κ1) is 16.3. The lowest BCUT2D eigenvalue weighted by Gasteiger charge is -2.29. The standard InChI is InChI=1S/C17H21F3N2O/c18-17(19,20)11-7-8-12(13(9-11)10-5-6-10)16(23)22-15-4-2-1-3-14(15)21/h7-10,14-15H,1-6,21H2,(H,22,23)/t14-,15+/m0/s1. The van der Waals surface area contributed by atoms with E-state index in [0.717, 1.165) is 50.7 Å². The molecule has 0 saturated heterocycles. The molecule has 23 heavy (non-hydrogen) atoms. The van der Waals surface area contributed by atoms with Crippen molar-refractivity contribution in [2.75, 3.05) is 0 Å². The summed E-state index contributed by atoms with van der Waals surface area (Å²) in [7, 11) is 0. The molecular weight excluding hydrogens is 305 g/mol. The number of nitrogens with one attached hydrogen (secondary N) is 1. The average molecular weight is 326 g/mol. The zero-order valence-electron chi connectivity index (χ0n) is 12.8. The van der Waals surface area contributed by atoms with Crippen molar-refractivity contribution in [1.29, 1.82) is 0 Å². The molecule has 1 aromatic rings. The minimum atomic E-state index is -4.38. The van der Waals surface area contributed by atoms with E-state index >= 15 is 0 Å². The summed E-state index contributed by atoms with van der Waals surface area (Å²) in [6, 6.07) is 3.26. The zero-order valence-corrected chi connectivity index (χ0v) is 12.8. The predicted molar refractivity (Wildman–Crippen MR) is 81.1 cm³/mol. The summed E-state index contributed by atoms with van der Waals surface area (Å²) >= 11 is 0. The molecule has 2 atom stereocenters. The van der Waals surface area contributed by atoms with Gasteiger partial charge in [0.2, 0.25) is 0 Å². The van der Waals surface area contributed by atoms with E-state index in [4.69, 9.17) is 5.73 Å². The minimum Gasteiger partial charge on any atom is -0.348 e. The maximum Gasteiger partial charge on any atom is 0.416 e. The molecule has 2 fully saturated rings. The van der Waals surface area contributed by atoms with Crippen molar-refractivity contribution < 1.29 is 18.0 Å². The van der Waals surface area contributed by atoms with Crippen LogP contribution in [0.3, 0.4) is 0 Å². The molecule has 126 valence electrons. The summed E-state index contributed by atoms with van der Waals surface area (Å²) in [4.78, 5) is 12.5. The number of benzene rings is 1. The van der Waals surface area contributed by atoms with Crippen LogP contribution in [0.15, 0.2) is 18.2 Å². The molecule has 2 aliphatic carbocycles. The lowest BCUT2D eigenvalue weighted by molar-refractivity contribution is -0.137. The van der Waals surface area contributed by atoms with Gasteiger partial charge in [-0.25, -0.2) is 0 Å². The van der Waals surface area contributed by atoms with Crippen LogP contribution in [0.25, 0.3) is 0 Å². The Bertz CT molecular complexity index is 596. The van der Waals surface area contributed by atoms with Crippen molar-refractivity contribution >= 4 is 5.91 Å². The summed E-state index contributed by atoms with van der Waals surface area (Å²) in [5, 5.41) is 2.92. The van der Waals surface area contributed by atoms with Crippen molar-refractivity contribution in [3.05, 3.63) is 34.9 Å². The molecule has 3 N–H and O–H groups in total. The van der Waals surface area contributed by atoms with E-state index < -0.39 is 11.7 Å². The lowest BCUT2D eigenvalue weighted by atomic mass is 9.90. The Morgan fingerprint density at radius 3 is 2.43 bits per heavy atom. The molecule has 3 nitrogen and oxygen atoms in total. The number of carbonyl (C=O) groups is 1. The quantitative estimate of drug-likeness (QED) is 0.892. The zero-order chi connectivity index (χ0) is 16.6. The summed E-state index contributed by atoms with van der Waals surface area (Å²) < 4.78 is 38.7. The largest absolute Gasteiger partial charge is 0.416 e. The number of nitrogens with two attached hydrogens (primary N) is 1. The highest BCUT2D eigenvalue weighted by molar-refractivity contribution is 5.96. The van der Waals surface area contributed by atoms with Gasteiger partial charge in [-0.3, -0.25) is 4.79 Å². The molecule has 0 aromatic heterocycles. The molecule has 1 aromatic carbocycles. The summed E-state index contributed by atoms with van der Waals surface area (Å²) in [5.41, 5.74) is 6.22. The summed E-state index contributed by atoms with van der Waals surface area (Å²) in [5.74, 6) is -0.235. The fraction of sp³-hybridized carbons (Fsp3) is 0.588. The second kappa shape index (κ2) is 6.15. The highest BCUT2D eigenvalue weighted by atomic mass is 19.4. The molecule has 0 radical (unpaired) electrons. The van der Waals surface area contributed by atoms with E-state index in [-0.39, 0.29) is 23.9 Å². The van der Waals surface area contributed by atoms with Gasteiger partial charge in [0.1, 0.15) is 0 Å². The van der Waals surface area contributed by atoms with Crippen molar-refractivity contribution in [2.24, 2.45) is 5.73 Å². The number of hydrogen-bond donors (Lipinski definition) is 2. The molecule has 0 aliphatic heterocycles. The molecule has 6 heteroatoms. The van der Waals surface area contributed by atoms with E-state index in [1.165, 1.54) is 6.07 Å². The Balaban J connectivity index is 1.82. The van der Waals surface area contributed by atoms with Gasteiger partial charge in [0.25, 0.3) is 5.91 Å². The van der Waals surface area contributed by atoms with Gasteiger partial charge < -0.3 is 11.1 Å².